The molecular weight excluding hydrogens is 208 g/mol. The van der Waals surface area contributed by atoms with Crippen LogP contribution in [-0.2, 0) is 6.54 Å². The molecule has 0 radical (unpaired) electrons. The molecule has 1 saturated carbocycles. The second kappa shape index (κ2) is 6.18. The van der Waals surface area contributed by atoms with Crippen LogP contribution in [0.5, 0.6) is 0 Å². The summed E-state index contributed by atoms with van der Waals surface area (Å²) in [5.41, 5.74) is 2.84. The van der Waals surface area contributed by atoms with E-state index in [1.165, 1.54) is 30.5 Å². The number of hydrogen-bond acceptors (Lipinski definition) is 2. The molecule has 0 bridgehead atoms. The molecule has 0 heterocycles. The molecule has 1 fully saturated rings. The largest absolute Gasteiger partial charge is 0.315 e. The molecule has 17 heavy (non-hydrogen) atoms. The lowest BCUT2D eigenvalue weighted by molar-refractivity contribution is 0.323. The van der Waals surface area contributed by atoms with Gasteiger partial charge in [-0.25, -0.2) is 0 Å². The SMILES string of the molecule is Cc1ccccc1CN(C)CCNCC1CC1. The van der Waals surface area contributed by atoms with Gasteiger partial charge in [-0.3, -0.25) is 0 Å². The molecule has 2 rings (SSSR count). The average Bonchev–Trinajstić information content (AvgIpc) is 3.12. The Balaban J connectivity index is 1.65. The maximum absolute atomic E-state index is 3.54. The van der Waals surface area contributed by atoms with Gasteiger partial charge in [-0.05, 0) is 50.4 Å². The van der Waals surface area contributed by atoms with Gasteiger partial charge in [0.25, 0.3) is 0 Å². The minimum atomic E-state index is 0.983. The minimum Gasteiger partial charge on any atom is -0.315 e. The Morgan fingerprint density at radius 3 is 2.76 bits per heavy atom. The monoisotopic (exact) mass is 232 g/mol. The van der Waals surface area contributed by atoms with Crippen LogP contribution in [0.2, 0.25) is 0 Å². The van der Waals surface area contributed by atoms with Crippen LogP contribution < -0.4 is 5.32 Å². The molecule has 0 aromatic heterocycles. The maximum atomic E-state index is 3.54. The Bertz CT molecular complexity index is 345. The molecule has 0 unspecified atom stereocenters. The molecule has 0 spiro atoms. The zero-order valence-corrected chi connectivity index (χ0v) is 11.1. The molecule has 0 aliphatic heterocycles. The molecule has 2 nitrogen and oxygen atoms in total. The summed E-state index contributed by atoms with van der Waals surface area (Å²) in [6.45, 7) is 6.70. The molecule has 0 saturated heterocycles. The summed E-state index contributed by atoms with van der Waals surface area (Å²) in [5, 5.41) is 3.54. The Morgan fingerprint density at radius 1 is 1.29 bits per heavy atom. The highest BCUT2D eigenvalue weighted by atomic mass is 15.1. The lowest BCUT2D eigenvalue weighted by atomic mass is 10.1. The number of likely N-dealkylation sites (N-methyl/N-ethyl adjacent to an activating group) is 1. The summed E-state index contributed by atoms with van der Waals surface area (Å²) in [6.07, 6.45) is 2.87. The quantitative estimate of drug-likeness (QED) is 0.726. The van der Waals surface area contributed by atoms with Crippen molar-refractivity contribution in [3.63, 3.8) is 0 Å². The van der Waals surface area contributed by atoms with Crippen LogP contribution >= 0.6 is 0 Å². The summed E-state index contributed by atoms with van der Waals surface area (Å²) in [5.74, 6) is 0.983. The lowest BCUT2D eigenvalue weighted by Gasteiger charge is -2.18. The van der Waals surface area contributed by atoms with Crippen LogP contribution in [0.15, 0.2) is 24.3 Å². The van der Waals surface area contributed by atoms with E-state index in [0.29, 0.717) is 0 Å². The van der Waals surface area contributed by atoms with E-state index >= 15 is 0 Å². The van der Waals surface area contributed by atoms with Gasteiger partial charge in [0, 0.05) is 19.6 Å². The van der Waals surface area contributed by atoms with Crippen LogP contribution in [0, 0.1) is 12.8 Å². The molecule has 1 N–H and O–H groups in total. The fourth-order valence-corrected chi connectivity index (χ4v) is 2.06. The Hall–Kier alpha value is -0.860. The average molecular weight is 232 g/mol. The zero-order valence-electron chi connectivity index (χ0n) is 11.1. The van der Waals surface area contributed by atoms with E-state index in [0.717, 1.165) is 25.6 Å². The van der Waals surface area contributed by atoms with Crippen LogP contribution in [0.1, 0.15) is 24.0 Å². The van der Waals surface area contributed by atoms with Crippen LogP contribution in [0.25, 0.3) is 0 Å². The Labute approximate surface area is 105 Å². The fraction of sp³-hybridized carbons (Fsp3) is 0.600. The molecule has 2 heteroatoms. The molecule has 94 valence electrons. The highest BCUT2D eigenvalue weighted by molar-refractivity contribution is 5.25. The van der Waals surface area contributed by atoms with Crippen molar-refractivity contribution < 1.29 is 0 Å². The number of hydrogen-bond donors (Lipinski definition) is 1. The summed E-state index contributed by atoms with van der Waals surface area (Å²) in [6, 6.07) is 8.65. The lowest BCUT2D eigenvalue weighted by Crippen LogP contribution is -2.30. The summed E-state index contributed by atoms with van der Waals surface area (Å²) >= 11 is 0. The van der Waals surface area contributed by atoms with Crippen molar-refractivity contribution in [3.05, 3.63) is 35.4 Å². The summed E-state index contributed by atoms with van der Waals surface area (Å²) in [7, 11) is 2.20. The van der Waals surface area contributed by atoms with Crippen molar-refractivity contribution in [2.75, 3.05) is 26.7 Å². The first-order chi connectivity index (χ1) is 8.25. The third-order valence-electron chi connectivity index (χ3n) is 3.50. The number of nitrogens with one attached hydrogen (secondary N) is 1. The van der Waals surface area contributed by atoms with E-state index < -0.39 is 0 Å². The number of benzene rings is 1. The predicted molar refractivity (Wildman–Crippen MR) is 73.1 cm³/mol. The van der Waals surface area contributed by atoms with Gasteiger partial charge in [0.05, 0.1) is 0 Å². The van der Waals surface area contributed by atoms with E-state index in [1.807, 2.05) is 0 Å². The standard InChI is InChI=1S/C15H24N2/c1-13-5-3-4-6-15(13)12-17(2)10-9-16-11-14-7-8-14/h3-6,14,16H,7-12H2,1-2H3. The van der Waals surface area contributed by atoms with Gasteiger partial charge >= 0.3 is 0 Å². The molecule has 1 aliphatic rings. The second-order valence-electron chi connectivity index (χ2n) is 5.31. The van der Waals surface area contributed by atoms with Crippen molar-refractivity contribution in [2.24, 2.45) is 5.92 Å². The normalized spacial score (nSPS) is 15.5. The molecule has 0 atom stereocenters. The molecule has 1 aromatic carbocycles. The van der Waals surface area contributed by atoms with Crippen molar-refractivity contribution in [2.45, 2.75) is 26.3 Å². The van der Waals surface area contributed by atoms with Crippen LogP contribution in [-0.4, -0.2) is 31.6 Å². The number of aryl methyl sites for hydroxylation is 1. The van der Waals surface area contributed by atoms with E-state index in [4.69, 9.17) is 0 Å². The molecule has 1 aliphatic carbocycles. The zero-order chi connectivity index (χ0) is 12.1. The van der Waals surface area contributed by atoms with Crippen molar-refractivity contribution in [3.8, 4) is 0 Å². The van der Waals surface area contributed by atoms with Crippen molar-refractivity contribution in [1.82, 2.24) is 10.2 Å². The first kappa shape index (κ1) is 12.6. The first-order valence-electron chi connectivity index (χ1n) is 6.69. The van der Waals surface area contributed by atoms with Crippen LogP contribution in [0.3, 0.4) is 0 Å². The Morgan fingerprint density at radius 2 is 2.06 bits per heavy atom. The summed E-state index contributed by atoms with van der Waals surface area (Å²) < 4.78 is 0. The van der Waals surface area contributed by atoms with Crippen molar-refractivity contribution in [1.29, 1.82) is 0 Å². The highest BCUT2D eigenvalue weighted by Crippen LogP contribution is 2.27. The second-order valence-corrected chi connectivity index (χ2v) is 5.31. The van der Waals surface area contributed by atoms with Gasteiger partial charge in [0.2, 0.25) is 0 Å². The van der Waals surface area contributed by atoms with Crippen molar-refractivity contribution >= 4 is 0 Å². The van der Waals surface area contributed by atoms with E-state index in [1.54, 1.807) is 0 Å². The van der Waals surface area contributed by atoms with E-state index in [2.05, 4.69) is 48.5 Å². The molecule has 0 amide bonds. The smallest absolute Gasteiger partial charge is 0.0233 e. The van der Waals surface area contributed by atoms with E-state index in [-0.39, 0.29) is 0 Å². The fourth-order valence-electron chi connectivity index (χ4n) is 2.06. The third kappa shape index (κ3) is 4.49. The van der Waals surface area contributed by atoms with Crippen LogP contribution in [0.4, 0.5) is 0 Å². The summed E-state index contributed by atoms with van der Waals surface area (Å²) in [4.78, 5) is 2.39. The first-order valence-corrected chi connectivity index (χ1v) is 6.69. The number of nitrogens with zero attached hydrogens (tertiary/aromatic N) is 1. The number of rotatable bonds is 7. The highest BCUT2D eigenvalue weighted by Gasteiger charge is 2.19. The van der Waals surface area contributed by atoms with Gasteiger partial charge in [-0.1, -0.05) is 24.3 Å². The topological polar surface area (TPSA) is 15.3 Å². The van der Waals surface area contributed by atoms with Gasteiger partial charge < -0.3 is 10.2 Å². The minimum absolute atomic E-state index is 0.983. The Kier molecular flexibility index (Phi) is 4.57. The predicted octanol–water partition coefficient (Wildman–Crippen LogP) is 2.43. The van der Waals surface area contributed by atoms with Gasteiger partial charge in [-0.15, -0.1) is 0 Å². The van der Waals surface area contributed by atoms with Gasteiger partial charge in [0.15, 0.2) is 0 Å². The van der Waals surface area contributed by atoms with Gasteiger partial charge in [0.1, 0.15) is 0 Å². The third-order valence-corrected chi connectivity index (χ3v) is 3.50. The molecule has 1 aromatic rings. The maximum Gasteiger partial charge on any atom is 0.0233 e. The van der Waals surface area contributed by atoms with Gasteiger partial charge in [-0.2, -0.15) is 0 Å². The van der Waals surface area contributed by atoms with E-state index in [9.17, 15) is 0 Å². The molecular formula is C15H24N2.